The van der Waals surface area contributed by atoms with E-state index in [4.69, 9.17) is 8.83 Å². The van der Waals surface area contributed by atoms with Crippen LogP contribution in [0.3, 0.4) is 0 Å². The molecule has 304 valence electrons. The Bertz CT molecular complexity index is 3710. The van der Waals surface area contributed by atoms with Gasteiger partial charge >= 0.3 is 0 Å². The molecule has 0 bridgehead atoms. The van der Waals surface area contributed by atoms with Gasteiger partial charge in [-0.05, 0) is 112 Å². The fourth-order valence-corrected chi connectivity index (χ4v) is 10.3. The second-order valence-corrected chi connectivity index (χ2v) is 17.7. The summed E-state index contributed by atoms with van der Waals surface area (Å²) in [5, 5.41) is 12.0. The van der Waals surface area contributed by atoms with Crippen molar-refractivity contribution in [1.29, 1.82) is 0 Å². The first-order chi connectivity index (χ1) is 30.9. The molecular weight excluding hydrogens is 769 g/mol. The second-order valence-electron chi connectivity index (χ2n) is 17.7. The first-order valence-corrected chi connectivity index (χ1v) is 22.2. The standard InChI is InChI=1S/C59H46N2O2/c1-35(2)48-33-51(60(38-17-8-6-9-18-38)50-24-16-23-44-40-21-12-14-25-53(40)62-58(44)50)46-31-29-43-49(36(3)4)34-52(47-32-30-42(48)55(46)56(43)47)61(39-19-10-7-11-20-39)57-37(5)27-28-45-41-22-13-15-26-54(41)63-59(45)57/h6-36H,1-5H3. The molecule has 12 rings (SSSR count). The zero-order valence-electron chi connectivity index (χ0n) is 36.1. The number of fused-ring (bicyclic) bond motifs is 6. The van der Waals surface area contributed by atoms with Gasteiger partial charge in [-0.25, -0.2) is 0 Å². The molecule has 0 spiro atoms. The quantitative estimate of drug-likeness (QED) is 0.143. The molecule has 0 unspecified atom stereocenters. The van der Waals surface area contributed by atoms with Crippen LogP contribution in [-0.2, 0) is 0 Å². The van der Waals surface area contributed by atoms with Crippen LogP contribution in [-0.4, -0.2) is 0 Å². The molecule has 0 aliphatic rings. The predicted octanol–water partition coefficient (Wildman–Crippen LogP) is 17.9. The third-order valence-electron chi connectivity index (χ3n) is 13.2. The molecule has 2 aromatic heterocycles. The van der Waals surface area contributed by atoms with E-state index >= 15 is 0 Å². The number of hydrogen-bond donors (Lipinski definition) is 0. The summed E-state index contributed by atoms with van der Waals surface area (Å²) in [6, 6.07) is 63.7. The number of furan rings is 2. The largest absolute Gasteiger partial charge is 0.454 e. The molecule has 0 saturated carbocycles. The highest BCUT2D eigenvalue weighted by Gasteiger charge is 2.29. The van der Waals surface area contributed by atoms with Crippen molar-refractivity contribution in [3.63, 3.8) is 0 Å². The van der Waals surface area contributed by atoms with E-state index in [1.807, 2.05) is 6.07 Å². The van der Waals surface area contributed by atoms with Crippen LogP contribution < -0.4 is 9.80 Å². The summed E-state index contributed by atoms with van der Waals surface area (Å²) in [5.74, 6) is 0.510. The third kappa shape index (κ3) is 5.60. The van der Waals surface area contributed by atoms with E-state index in [-0.39, 0.29) is 11.8 Å². The van der Waals surface area contributed by atoms with Gasteiger partial charge in [0.2, 0.25) is 0 Å². The highest BCUT2D eigenvalue weighted by Crippen LogP contribution is 2.53. The number of benzene rings is 10. The van der Waals surface area contributed by atoms with Crippen LogP contribution in [0.25, 0.3) is 76.2 Å². The Morgan fingerprint density at radius 1 is 0.365 bits per heavy atom. The normalized spacial score (nSPS) is 12.2. The van der Waals surface area contributed by atoms with E-state index < -0.39 is 0 Å². The molecule has 2 heterocycles. The van der Waals surface area contributed by atoms with E-state index in [9.17, 15) is 0 Å². The Labute approximate surface area is 366 Å². The van der Waals surface area contributed by atoms with Crippen LogP contribution in [0.4, 0.5) is 34.1 Å². The van der Waals surface area contributed by atoms with Crippen molar-refractivity contribution in [2.75, 3.05) is 9.80 Å². The number of aryl methyl sites for hydroxylation is 1. The second kappa shape index (κ2) is 14.3. The van der Waals surface area contributed by atoms with Crippen molar-refractivity contribution < 1.29 is 8.83 Å². The van der Waals surface area contributed by atoms with Crippen molar-refractivity contribution in [3.8, 4) is 0 Å². The summed E-state index contributed by atoms with van der Waals surface area (Å²) < 4.78 is 13.6. The third-order valence-corrected chi connectivity index (χ3v) is 13.2. The van der Waals surface area contributed by atoms with Crippen molar-refractivity contribution in [3.05, 3.63) is 193 Å². The molecule has 0 radical (unpaired) electrons. The van der Waals surface area contributed by atoms with Crippen LogP contribution in [0.1, 0.15) is 56.2 Å². The number of nitrogens with zero attached hydrogens (tertiary/aromatic N) is 2. The molecule has 0 N–H and O–H groups in total. The molecule has 0 saturated heterocycles. The average molecular weight is 815 g/mol. The Kier molecular flexibility index (Phi) is 8.42. The van der Waals surface area contributed by atoms with Gasteiger partial charge in [0.05, 0.1) is 22.7 Å². The fourth-order valence-electron chi connectivity index (χ4n) is 10.3. The van der Waals surface area contributed by atoms with Crippen LogP contribution in [0.2, 0.25) is 0 Å². The van der Waals surface area contributed by atoms with E-state index in [1.54, 1.807) is 0 Å². The van der Waals surface area contributed by atoms with E-state index in [0.29, 0.717) is 0 Å². The fraction of sp³-hybridized carbons (Fsp3) is 0.119. The molecule has 10 aromatic carbocycles. The first kappa shape index (κ1) is 37.2. The zero-order valence-corrected chi connectivity index (χ0v) is 36.1. The summed E-state index contributed by atoms with van der Waals surface area (Å²) in [4.78, 5) is 4.88. The molecule has 4 heteroatoms. The molecule has 4 nitrogen and oxygen atoms in total. The maximum atomic E-state index is 6.85. The molecule has 12 aromatic rings. The van der Waals surface area contributed by atoms with Gasteiger partial charge in [-0.1, -0.05) is 149 Å². The number of anilines is 6. The Morgan fingerprint density at radius 2 is 0.810 bits per heavy atom. The predicted molar refractivity (Wildman–Crippen MR) is 267 cm³/mol. The highest BCUT2D eigenvalue weighted by atomic mass is 16.3. The number of rotatable bonds is 8. The van der Waals surface area contributed by atoms with Crippen LogP contribution >= 0.6 is 0 Å². The topological polar surface area (TPSA) is 32.8 Å². The SMILES string of the molecule is Cc1ccc2c(oc3ccccc32)c1N(c1ccccc1)c1cc(C(C)C)c2ccc3c(N(c4ccccc4)c4cccc5c4oc4ccccc45)cc(C(C)C)c4ccc1c2c43. The Morgan fingerprint density at radius 3 is 1.38 bits per heavy atom. The zero-order chi connectivity index (χ0) is 42.5. The smallest absolute Gasteiger partial charge is 0.159 e. The molecule has 0 atom stereocenters. The van der Waals surface area contributed by atoms with Gasteiger partial charge in [-0.15, -0.1) is 0 Å². The van der Waals surface area contributed by atoms with Crippen molar-refractivity contribution in [1.82, 2.24) is 0 Å². The van der Waals surface area contributed by atoms with Crippen molar-refractivity contribution >= 4 is 110 Å². The van der Waals surface area contributed by atoms with Crippen molar-refractivity contribution in [2.45, 2.75) is 46.5 Å². The van der Waals surface area contributed by atoms with Gasteiger partial charge in [0, 0.05) is 43.7 Å². The minimum atomic E-state index is 0.254. The lowest BCUT2D eigenvalue weighted by Crippen LogP contribution is -2.14. The molecule has 0 aliphatic heterocycles. The highest BCUT2D eigenvalue weighted by molar-refractivity contribution is 6.30. The molecule has 0 amide bonds. The van der Waals surface area contributed by atoms with Crippen LogP contribution in [0, 0.1) is 6.92 Å². The summed E-state index contributed by atoms with van der Waals surface area (Å²) in [5.41, 5.74) is 13.8. The lowest BCUT2D eigenvalue weighted by Gasteiger charge is -2.32. The van der Waals surface area contributed by atoms with Crippen molar-refractivity contribution in [2.24, 2.45) is 0 Å². The van der Waals surface area contributed by atoms with Gasteiger partial charge in [-0.2, -0.15) is 0 Å². The monoisotopic (exact) mass is 814 g/mol. The van der Waals surface area contributed by atoms with Gasteiger partial charge in [0.25, 0.3) is 0 Å². The van der Waals surface area contributed by atoms with Gasteiger partial charge in [0.15, 0.2) is 11.2 Å². The lowest BCUT2D eigenvalue weighted by atomic mass is 9.84. The summed E-state index contributed by atoms with van der Waals surface area (Å²) in [6.45, 7) is 11.5. The minimum Gasteiger partial charge on any atom is -0.454 e. The van der Waals surface area contributed by atoms with E-state index in [1.165, 1.54) is 43.4 Å². The lowest BCUT2D eigenvalue weighted by molar-refractivity contribution is 0.668. The van der Waals surface area contributed by atoms with Gasteiger partial charge in [0.1, 0.15) is 11.2 Å². The Hall–Kier alpha value is -7.56. The Balaban J connectivity index is 1.21. The molecular formula is C59H46N2O2. The van der Waals surface area contributed by atoms with Crippen LogP contribution in [0.15, 0.2) is 185 Å². The van der Waals surface area contributed by atoms with Crippen LogP contribution in [0.5, 0.6) is 0 Å². The molecule has 0 fully saturated rings. The number of para-hydroxylation sites is 5. The summed E-state index contributed by atoms with van der Waals surface area (Å²) >= 11 is 0. The maximum absolute atomic E-state index is 6.85. The maximum Gasteiger partial charge on any atom is 0.159 e. The van der Waals surface area contributed by atoms with E-state index in [2.05, 4.69) is 214 Å². The number of hydrogen-bond acceptors (Lipinski definition) is 4. The minimum absolute atomic E-state index is 0.254. The summed E-state index contributed by atoms with van der Waals surface area (Å²) in [6.07, 6.45) is 0. The molecule has 63 heavy (non-hydrogen) atoms. The van der Waals surface area contributed by atoms with E-state index in [0.717, 1.165) is 83.6 Å². The van der Waals surface area contributed by atoms with Gasteiger partial charge in [-0.3, -0.25) is 0 Å². The summed E-state index contributed by atoms with van der Waals surface area (Å²) in [7, 11) is 0. The first-order valence-electron chi connectivity index (χ1n) is 22.2. The molecule has 0 aliphatic carbocycles. The average Bonchev–Trinajstić information content (AvgIpc) is 3.89. The van der Waals surface area contributed by atoms with Gasteiger partial charge < -0.3 is 18.6 Å².